The summed E-state index contributed by atoms with van der Waals surface area (Å²) in [6, 6.07) is 7.72. The number of para-hydroxylation sites is 1. The zero-order valence-electron chi connectivity index (χ0n) is 9.66. The van der Waals surface area contributed by atoms with Crippen molar-refractivity contribution in [2.24, 2.45) is 0 Å². The number of benzene rings is 1. The van der Waals surface area contributed by atoms with Gasteiger partial charge in [-0.3, -0.25) is 0 Å². The van der Waals surface area contributed by atoms with Crippen molar-refractivity contribution < 1.29 is 8.42 Å². The minimum absolute atomic E-state index is 0.0844. The second-order valence-corrected chi connectivity index (χ2v) is 6.15. The Morgan fingerprint density at radius 2 is 2.00 bits per heavy atom. The first-order chi connectivity index (χ1) is 7.96. The van der Waals surface area contributed by atoms with Gasteiger partial charge in [-0.25, -0.2) is 13.1 Å². The lowest BCUT2D eigenvalue weighted by Crippen LogP contribution is -2.00. The fourth-order valence-corrected chi connectivity index (χ4v) is 2.24. The molecule has 2 rings (SSSR count). The van der Waals surface area contributed by atoms with Gasteiger partial charge in [0, 0.05) is 6.26 Å². The first-order valence-corrected chi connectivity index (χ1v) is 7.17. The number of aromatic nitrogens is 3. The molecule has 1 aromatic heterocycles. The zero-order chi connectivity index (χ0) is 12.5. The summed E-state index contributed by atoms with van der Waals surface area (Å²) in [5, 5.41) is 7.79. The molecule has 17 heavy (non-hydrogen) atoms. The van der Waals surface area contributed by atoms with Crippen LogP contribution in [0.3, 0.4) is 0 Å². The average molecular weight is 251 g/mol. The van der Waals surface area contributed by atoms with Gasteiger partial charge < -0.3 is 0 Å². The van der Waals surface area contributed by atoms with Gasteiger partial charge in [-0.2, -0.15) is 0 Å². The molecule has 0 spiro atoms. The third-order valence-electron chi connectivity index (χ3n) is 2.31. The second-order valence-electron chi connectivity index (χ2n) is 4.01. The van der Waals surface area contributed by atoms with Gasteiger partial charge in [0.2, 0.25) is 0 Å². The Kier molecular flexibility index (Phi) is 2.97. The highest BCUT2D eigenvalue weighted by atomic mass is 32.2. The number of rotatable bonds is 3. The van der Waals surface area contributed by atoms with E-state index < -0.39 is 9.84 Å². The standard InChI is InChI=1S/C11H13N3O2S/c1-9-5-3-4-6-11(9)14-7-10(12-13-14)8-17(2,15)16/h3-7H,8H2,1-2H3. The van der Waals surface area contributed by atoms with Crippen molar-refractivity contribution in [1.82, 2.24) is 15.0 Å². The van der Waals surface area contributed by atoms with E-state index in [0.29, 0.717) is 5.69 Å². The van der Waals surface area contributed by atoms with E-state index in [4.69, 9.17) is 0 Å². The molecule has 0 saturated heterocycles. The molecule has 0 radical (unpaired) electrons. The van der Waals surface area contributed by atoms with Gasteiger partial charge in [-0.05, 0) is 18.6 Å². The molecule has 0 fully saturated rings. The predicted octanol–water partition coefficient (Wildman–Crippen LogP) is 1.12. The third-order valence-corrected chi connectivity index (χ3v) is 3.13. The summed E-state index contributed by atoms with van der Waals surface area (Å²) in [5.41, 5.74) is 2.42. The summed E-state index contributed by atoms with van der Waals surface area (Å²) < 4.78 is 23.9. The van der Waals surface area contributed by atoms with Crippen LogP contribution in [0.15, 0.2) is 30.5 Å². The molecule has 90 valence electrons. The number of hydrogen-bond acceptors (Lipinski definition) is 4. The zero-order valence-corrected chi connectivity index (χ0v) is 10.5. The van der Waals surface area contributed by atoms with E-state index in [9.17, 15) is 8.42 Å². The van der Waals surface area contributed by atoms with Crippen molar-refractivity contribution in [2.45, 2.75) is 12.7 Å². The third kappa shape index (κ3) is 2.91. The van der Waals surface area contributed by atoms with Crippen LogP contribution in [0.5, 0.6) is 0 Å². The Hall–Kier alpha value is -1.69. The molecule has 6 heteroatoms. The van der Waals surface area contributed by atoms with Gasteiger partial charge in [-0.15, -0.1) is 5.10 Å². The molecule has 0 aliphatic carbocycles. The number of aryl methyl sites for hydroxylation is 1. The molecule has 2 aromatic rings. The molecule has 5 nitrogen and oxygen atoms in total. The highest BCUT2D eigenvalue weighted by Gasteiger charge is 2.10. The van der Waals surface area contributed by atoms with Gasteiger partial charge in [0.25, 0.3) is 0 Å². The monoisotopic (exact) mass is 251 g/mol. The normalized spacial score (nSPS) is 11.6. The largest absolute Gasteiger partial charge is 0.229 e. The molecule has 0 aliphatic rings. The van der Waals surface area contributed by atoms with E-state index in [1.165, 1.54) is 6.26 Å². The number of nitrogens with zero attached hydrogens (tertiary/aromatic N) is 3. The Balaban J connectivity index is 2.34. The number of sulfone groups is 1. The van der Waals surface area contributed by atoms with Crippen molar-refractivity contribution in [3.8, 4) is 5.69 Å². The topological polar surface area (TPSA) is 64.8 Å². The van der Waals surface area contributed by atoms with Crippen LogP contribution in [0.1, 0.15) is 11.3 Å². The maximum absolute atomic E-state index is 11.1. The van der Waals surface area contributed by atoms with Crippen LogP contribution in [0, 0.1) is 6.92 Å². The van der Waals surface area contributed by atoms with E-state index in [1.807, 2.05) is 31.2 Å². The molecular formula is C11H13N3O2S. The second kappa shape index (κ2) is 4.29. The smallest absolute Gasteiger partial charge is 0.153 e. The van der Waals surface area contributed by atoms with Crippen LogP contribution in [-0.4, -0.2) is 29.7 Å². The lowest BCUT2D eigenvalue weighted by atomic mass is 10.2. The Labute approximate surface area is 100 Å². The predicted molar refractivity (Wildman–Crippen MR) is 64.6 cm³/mol. The van der Waals surface area contributed by atoms with Crippen LogP contribution in [-0.2, 0) is 15.6 Å². The van der Waals surface area contributed by atoms with Gasteiger partial charge in [0.15, 0.2) is 9.84 Å². The highest BCUT2D eigenvalue weighted by molar-refractivity contribution is 7.89. The molecule has 0 amide bonds. The number of hydrogen-bond donors (Lipinski definition) is 0. The van der Waals surface area contributed by atoms with Crippen LogP contribution >= 0.6 is 0 Å². The van der Waals surface area contributed by atoms with E-state index >= 15 is 0 Å². The lowest BCUT2D eigenvalue weighted by molar-refractivity contribution is 0.600. The molecule has 0 atom stereocenters. The van der Waals surface area contributed by atoms with E-state index in [0.717, 1.165) is 11.3 Å². The SMILES string of the molecule is Cc1ccccc1-n1cc(CS(C)(=O)=O)nn1. The van der Waals surface area contributed by atoms with Gasteiger partial charge in [-0.1, -0.05) is 23.4 Å². The van der Waals surface area contributed by atoms with Crippen LogP contribution in [0.4, 0.5) is 0 Å². The summed E-state index contributed by atoms with van der Waals surface area (Å²) in [7, 11) is -3.07. The minimum atomic E-state index is -3.07. The van der Waals surface area contributed by atoms with Gasteiger partial charge >= 0.3 is 0 Å². The van der Waals surface area contributed by atoms with Crippen molar-refractivity contribution in [2.75, 3.05) is 6.26 Å². The Morgan fingerprint density at radius 1 is 1.29 bits per heavy atom. The Bertz CT molecular complexity index is 632. The van der Waals surface area contributed by atoms with E-state index in [1.54, 1.807) is 10.9 Å². The summed E-state index contributed by atoms with van der Waals surface area (Å²) in [6.07, 6.45) is 2.82. The van der Waals surface area contributed by atoms with E-state index in [-0.39, 0.29) is 5.75 Å². The lowest BCUT2D eigenvalue weighted by Gasteiger charge is -2.02. The van der Waals surface area contributed by atoms with Gasteiger partial charge in [0.05, 0.1) is 23.3 Å². The van der Waals surface area contributed by atoms with Crippen LogP contribution in [0.25, 0.3) is 5.69 Å². The molecule has 0 saturated carbocycles. The van der Waals surface area contributed by atoms with Crippen molar-refractivity contribution in [3.63, 3.8) is 0 Å². The molecule has 0 N–H and O–H groups in total. The van der Waals surface area contributed by atoms with Gasteiger partial charge in [0.1, 0.15) is 0 Å². The Morgan fingerprint density at radius 3 is 2.65 bits per heavy atom. The fraction of sp³-hybridized carbons (Fsp3) is 0.273. The first kappa shape index (κ1) is 11.8. The maximum atomic E-state index is 11.1. The summed E-state index contributed by atoms with van der Waals surface area (Å²) in [5.74, 6) is -0.0844. The average Bonchev–Trinajstić information content (AvgIpc) is 2.64. The first-order valence-electron chi connectivity index (χ1n) is 5.11. The highest BCUT2D eigenvalue weighted by Crippen LogP contribution is 2.12. The van der Waals surface area contributed by atoms with Crippen LogP contribution < -0.4 is 0 Å². The van der Waals surface area contributed by atoms with Crippen molar-refractivity contribution >= 4 is 9.84 Å². The molecule has 1 aromatic carbocycles. The molecular weight excluding hydrogens is 238 g/mol. The van der Waals surface area contributed by atoms with Crippen molar-refractivity contribution in [1.29, 1.82) is 0 Å². The minimum Gasteiger partial charge on any atom is -0.229 e. The molecule has 1 heterocycles. The van der Waals surface area contributed by atoms with Crippen LogP contribution in [0.2, 0.25) is 0 Å². The molecule has 0 aliphatic heterocycles. The van der Waals surface area contributed by atoms with E-state index in [2.05, 4.69) is 10.3 Å². The fourth-order valence-electron chi connectivity index (χ4n) is 1.57. The summed E-state index contributed by atoms with van der Waals surface area (Å²) >= 11 is 0. The summed E-state index contributed by atoms with van der Waals surface area (Å²) in [4.78, 5) is 0. The summed E-state index contributed by atoms with van der Waals surface area (Å²) in [6.45, 7) is 1.97. The molecule has 0 unspecified atom stereocenters. The van der Waals surface area contributed by atoms with Crippen molar-refractivity contribution in [3.05, 3.63) is 41.7 Å². The molecule has 0 bridgehead atoms. The quantitative estimate of drug-likeness (QED) is 0.820. The maximum Gasteiger partial charge on any atom is 0.153 e.